The van der Waals surface area contributed by atoms with Crippen LogP contribution in [0.5, 0.6) is 23.0 Å². The molecule has 210 valence electrons. The molecule has 0 bridgehead atoms. The Balaban J connectivity index is 1.45. The molecule has 2 amide bonds. The van der Waals surface area contributed by atoms with Gasteiger partial charge in [-0.05, 0) is 79.9 Å². The predicted molar refractivity (Wildman–Crippen MR) is 142 cm³/mol. The lowest BCUT2D eigenvalue weighted by molar-refractivity contribution is -0.141. The molecule has 0 radical (unpaired) electrons. The van der Waals surface area contributed by atoms with Crippen molar-refractivity contribution in [1.29, 1.82) is 0 Å². The van der Waals surface area contributed by atoms with Crippen LogP contribution in [0.4, 0.5) is 4.79 Å². The fraction of sp³-hybridized carbons (Fsp3) is 0.500. The fourth-order valence-electron chi connectivity index (χ4n) is 5.82. The van der Waals surface area contributed by atoms with Gasteiger partial charge in [-0.1, -0.05) is 6.07 Å². The van der Waals surface area contributed by atoms with Crippen LogP contribution >= 0.6 is 0 Å². The maximum atomic E-state index is 13.2. The van der Waals surface area contributed by atoms with Crippen molar-refractivity contribution in [2.45, 2.75) is 31.7 Å². The lowest BCUT2D eigenvalue weighted by Crippen LogP contribution is -2.46. The van der Waals surface area contributed by atoms with Crippen LogP contribution in [0.15, 0.2) is 24.3 Å². The number of hydrogen-bond acceptors (Lipinski definition) is 9. The second-order valence-electron chi connectivity index (χ2n) is 10.1. The zero-order valence-corrected chi connectivity index (χ0v) is 22.2. The number of phenols is 1. The molecule has 2 aliphatic heterocycles. The van der Waals surface area contributed by atoms with Gasteiger partial charge in [-0.25, -0.2) is 4.79 Å². The van der Waals surface area contributed by atoms with E-state index in [0.717, 1.165) is 42.6 Å². The normalized spacial score (nSPS) is 22.6. The first-order chi connectivity index (χ1) is 18.9. The summed E-state index contributed by atoms with van der Waals surface area (Å²) in [7, 11) is 1.49. The van der Waals surface area contributed by atoms with Gasteiger partial charge in [0, 0.05) is 18.4 Å². The molecule has 1 unspecified atom stereocenters. The van der Waals surface area contributed by atoms with Crippen LogP contribution in [0.1, 0.15) is 47.1 Å². The number of carbonyl (C=O) groups is 2. The highest BCUT2D eigenvalue weighted by Gasteiger charge is 2.53. The zero-order chi connectivity index (χ0) is 27.5. The van der Waals surface area contributed by atoms with Gasteiger partial charge >= 0.3 is 12.0 Å². The van der Waals surface area contributed by atoms with Gasteiger partial charge in [0.25, 0.3) is 0 Å². The number of nitrogens with one attached hydrogen (secondary N) is 3. The van der Waals surface area contributed by atoms with E-state index in [2.05, 4.69) is 16.0 Å². The topological polar surface area (TPSA) is 153 Å². The van der Waals surface area contributed by atoms with Gasteiger partial charge in [-0.3, -0.25) is 4.79 Å². The number of esters is 1. The number of aromatic hydroxyl groups is 1. The third-order valence-corrected chi connectivity index (χ3v) is 7.71. The smallest absolute Gasteiger partial charge is 0.315 e. The van der Waals surface area contributed by atoms with Crippen molar-refractivity contribution in [3.63, 3.8) is 0 Å². The van der Waals surface area contributed by atoms with E-state index < -0.39 is 17.9 Å². The first kappa shape index (κ1) is 26.9. The molecule has 0 saturated carbocycles. The molecule has 0 aromatic heterocycles. The summed E-state index contributed by atoms with van der Waals surface area (Å²) < 4.78 is 22.3. The van der Waals surface area contributed by atoms with Crippen molar-refractivity contribution in [2.75, 3.05) is 46.7 Å². The third-order valence-electron chi connectivity index (χ3n) is 7.71. The number of carbonyl (C=O) groups excluding carboxylic acids is 2. The maximum absolute atomic E-state index is 13.2. The van der Waals surface area contributed by atoms with Crippen molar-refractivity contribution in [3.8, 4) is 23.0 Å². The monoisotopic (exact) mass is 540 g/mol. The molecule has 2 aromatic rings. The molecular weight excluding hydrogens is 504 g/mol. The second-order valence-corrected chi connectivity index (χ2v) is 10.1. The van der Waals surface area contributed by atoms with Gasteiger partial charge in [-0.2, -0.15) is 0 Å². The lowest BCUT2D eigenvalue weighted by Gasteiger charge is -2.39. The molecule has 1 fully saturated rings. The number of phenolic OH excluding ortho intramolecular Hbond substituents is 1. The molecule has 3 aliphatic rings. The van der Waals surface area contributed by atoms with Gasteiger partial charge in [0.15, 0.2) is 23.0 Å². The van der Waals surface area contributed by atoms with Crippen molar-refractivity contribution in [2.24, 2.45) is 17.6 Å². The Hall–Kier alpha value is -3.70. The number of ether oxygens (including phenoxy) is 4. The molecular formula is C28H36N4O7. The minimum atomic E-state index is -0.552. The molecule has 11 heteroatoms. The van der Waals surface area contributed by atoms with E-state index in [1.165, 1.54) is 7.11 Å². The highest BCUT2D eigenvalue weighted by molar-refractivity contribution is 5.80. The van der Waals surface area contributed by atoms with E-state index in [0.29, 0.717) is 35.9 Å². The Morgan fingerprint density at radius 3 is 2.56 bits per heavy atom. The Bertz CT molecular complexity index is 1240. The summed E-state index contributed by atoms with van der Waals surface area (Å²) in [4.78, 5) is 26.2. The van der Waals surface area contributed by atoms with Gasteiger partial charge < -0.3 is 45.7 Å². The number of benzene rings is 2. The molecule has 0 spiro atoms. The molecule has 5 rings (SSSR count). The summed E-state index contributed by atoms with van der Waals surface area (Å²) in [5.74, 6) is -0.0330. The average Bonchev–Trinajstić information content (AvgIpc) is 3.55. The number of hydrogen-bond donors (Lipinski definition) is 5. The molecule has 1 saturated heterocycles. The molecule has 11 nitrogen and oxygen atoms in total. The molecule has 2 heterocycles. The summed E-state index contributed by atoms with van der Waals surface area (Å²) in [6.45, 7) is 4.84. The average molecular weight is 541 g/mol. The molecule has 39 heavy (non-hydrogen) atoms. The number of fused-ring (bicyclic) bond motifs is 3. The maximum Gasteiger partial charge on any atom is 0.315 e. The van der Waals surface area contributed by atoms with E-state index in [1.807, 2.05) is 18.2 Å². The summed E-state index contributed by atoms with van der Waals surface area (Å²) >= 11 is 0. The van der Waals surface area contributed by atoms with Crippen LogP contribution in [-0.4, -0.2) is 63.8 Å². The Kier molecular flexibility index (Phi) is 7.99. The number of amides is 2. The SMILES string of the molecule is COc1cc(C2c3cc4c(cc3[C@@H](NC(=O)NCCCNCCCN)[C@H]3COC(=O)[C@H]23)OCO4)cc(C)c1O. The number of methoxy groups -OCH3 is 1. The van der Waals surface area contributed by atoms with E-state index in [1.54, 1.807) is 13.0 Å². The Labute approximate surface area is 227 Å². The molecule has 1 aliphatic carbocycles. The third kappa shape index (κ3) is 5.28. The number of rotatable bonds is 10. The van der Waals surface area contributed by atoms with Crippen molar-refractivity contribution in [3.05, 3.63) is 46.5 Å². The summed E-state index contributed by atoms with van der Waals surface area (Å²) in [5.41, 5.74) is 8.62. The van der Waals surface area contributed by atoms with Crippen LogP contribution < -0.4 is 35.9 Å². The number of aryl methyl sites for hydroxylation is 1. The van der Waals surface area contributed by atoms with Gasteiger partial charge in [0.2, 0.25) is 6.79 Å². The van der Waals surface area contributed by atoms with E-state index in [4.69, 9.17) is 24.7 Å². The van der Waals surface area contributed by atoms with Gasteiger partial charge in [0.05, 0.1) is 25.7 Å². The number of nitrogens with two attached hydrogens (primary N) is 1. The summed E-state index contributed by atoms with van der Waals surface area (Å²) in [5, 5.41) is 19.8. The molecule has 6 N–H and O–H groups in total. The first-order valence-corrected chi connectivity index (χ1v) is 13.4. The molecule has 4 atom stereocenters. The second kappa shape index (κ2) is 11.6. The van der Waals surface area contributed by atoms with Gasteiger partial charge in [-0.15, -0.1) is 0 Å². The van der Waals surface area contributed by atoms with Crippen LogP contribution in [-0.2, 0) is 9.53 Å². The standard InChI is InChI=1S/C28H36N4O7/c1-15-9-16(10-22(36-2)26(15)33)23-17-11-20-21(39-14-38-20)12-18(17)25(19-13-37-27(34)24(19)23)32-28(35)31-8-4-7-30-6-3-5-29/h9-12,19,23-25,30,33H,3-8,13-14,29H2,1-2H3,(H2,31,32,35)/t19-,23?,24-,25+/m0/s1. The Morgan fingerprint density at radius 2 is 1.82 bits per heavy atom. The minimum absolute atomic E-state index is 0.0549. The minimum Gasteiger partial charge on any atom is -0.504 e. The summed E-state index contributed by atoms with van der Waals surface area (Å²) in [6, 6.07) is 6.60. The fourth-order valence-corrected chi connectivity index (χ4v) is 5.82. The first-order valence-electron chi connectivity index (χ1n) is 13.4. The highest BCUT2D eigenvalue weighted by atomic mass is 16.7. The predicted octanol–water partition coefficient (Wildman–Crippen LogP) is 2.04. The van der Waals surface area contributed by atoms with Crippen LogP contribution in [0, 0.1) is 18.8 Å². The van der Waals surface area contributed by atoms with Crippen molar-refractivity contribution in [1.82, 2.24) is 16.0 Å². The van der Waals surface area contributed by atoms with Crippen molar-refractivity contribution >= 4 is 12.0 Å². The largest absolute Gasteiger partial charge is 0.504 e. The van der Waals surface area contributed by atoms with E-state index in [9.17, 15) is 14.7 Å². The van der Waals surface area contributed by atoms with Crippen LogP contribution in [0.2, 0.25) is 0 Å². The quantitative estimate of drug-likeness (QED) is 0.225. The lowest BCUT2D eigenvalue weighted by atomic mass is 9.65. The van der Waals surface area contributed by atoms with E-state index in [-0.39, 0.29) is 37.1 Å². The molecule has 2 aromatic carbocycles. The van der Waals surface area contributed by atoms with Crippen LogP contribution in [0.25, 0.3) is 0 Å². The number of cyclic esters (lactones) is 1. The van der Waals surface area contributed by atoms with E-state index >= 15 is 0 Å². The Morgan fingerprint density at radius 1 is 1.08 bits per heavy atom. The summed E-state index contributed by atoms with van der Waals surface area (Å²) in [6.07, 6.45) is 1.68. The number of urea groups is 1. The zero-order valence-electron chi connectivity index (χ0n) is 22.2. The van der Waals surface area contributed by atoms with Gasteiger partial charge in [0.1, 0.15) is 0 Å². The van der Waals surface area contributed by atoms with Crippen LogP contribution in [0.3, 0.4) is 0 Å². The highest BCUT2D eigenvalue weighted by Crippen LogP contribution is 2.54. The van der Waals surface area contributed by atoms with Crippen molar-refractivity contribution < 1.29 is 33.6 Å².